The molecule has 2 aromatic rings. The highest BCUT2D eigenvalue weighted by Crippen LogP contribution is 2.16. The number of aliphatic hydroxyl groups is 1. The maximum atomic E-state index is 10.2. The summed E-state index contributed by atoms with van der Waals surface area (Å²) in [6.07, 6.45) is 1.78. The first-order chi connectivity index (χ1) is 12.3. The van der Waals surface area contributed by atoms with Crippen LogP contribution in [0.2, 0.25) is 0 Å². The van der Waals surface area contributed by atoms with Gasteiger partial charge in [0.1, 0.15) is 0 Å². The quantitative estimate of drug-likeness (QED) is 0.775. The van der Waals surface area contributed by atoms with Gasteiger partial charge in [-0.3, -0.25) is 0 Å². The molecule has 0 spiro atoms. The molecule has 0 aliphatic carbocycles. The lowest BCUT2D eigenvalue weighted by Gasteiger charge is -2.33. The van der Waals surface area contributed by atoms with E-state index in [0.29, 0.717) is 25.8 Å². The van der Waals surface area contributed by atoms with E-state index in [4.69, 9.17) is 4.74 Å². The molecule has 4 heteroatoms. The van der Waals surface area contributed by atoms with Crippen LogP contribution in [0.3, 0.4) is 0 Å². The molecule has 1 atom stereocenters. The number of nitrogens with zero attached hydrogens (tertiary/aromatic N) is 1. The van der Waals surface area contributed by atoms with Gasteiger partial charge in [0.2, 0.25) is 0 Å². The monoisotopic (exact) mass is 340 g/mol. The van der Waals surface area contributed by atoms with E-state index in [0.717, 1.165) is 31.5 Å². The molecule has 0 bridgehead atoms. The van der Waals surface area contributed by atoms with Crippen molar-refractivity contribution in [3.63, 3.8) is 0 Å². The summed E-state index contributed by atoms with van der Waals surface area (Å²) in [4.78, 5) is 2.33. The minimum Gasteiger partial charge on any atom is -0.389 e. The van der Waals surface area contributed by atoms with Crippen LogP contribution in [0.4, 0.5) is 5.69 Å². The summed E-state index contributed by atoms with van der Waals surface area (Å²) in [6.45, 7) is 3.66. The molecule has 1 saturated heterocycles. The average Bonchev–Trinajstić information content (AvgIpc) is 2.65. The third kappa shape index (κ3) is 6.16. The minimum atomic E-state index is -0.428. The van der Waals surface area contributed by atoms with Crippen molar-refractivity contribution in [3.05, 3.63) is 66.2 Å². The van der Waals surface area contributed by atoms with Crippen molar-refractivity contribution in [2.45, 2.75) is 31.6 Å². The number of hydrogen-bond donors (Lipinski definition) is 2. The van der Waals surface area contributed by atoms with E-state index < -0.39 is 6.10 Å². The fourth-order valence-electron chi connectivity index (χ4n) is 3.27. The second-order valence-corrected chi connectivity index (χ2v) is 6.74. The van der Waals surface area contributed by atoms with Gasteiger partial charge in [0.15, 0.2) is 0 Å². The summed E-state index contributed by atoms with van der Waals surface area (Å²) < 4.78 is 5.63. The highest BCUT2D eigenvalue weighted by molar-refractivity contribution is 5.43. The standard InChI is InChI=1S/C21H28N2O2/c24-21(17-25-16-18-7-3-1-4-8-18)15-23-13-11-20(12-14-23)22-19-9-5-2-6-10-19/h1-10,20-22,24H,11-17H2. The predicted molar refractivity (Wildman–Crippen MR) is 102 cm³/mol. The van der Waals surface area contributed by atoms with E-state index >= 15 is 0 Å². The molecule has 1 aliphatic heterocycles. The second kappa shape index (κ2) is 9.56. The van der Waals surface area contributed by atoms with Crippen molar-refractivity contribution >= 4 is 5.69 Å². The molecule has 0 radical (unpaired) electrons. The summed E-state index contributed by atoms with van der Waals surface area (Å²) in [6, 6.07) is 21.0. The van der Waals surface area contributed by atoms with Crippen LogP contribution >= 0.6 is 0 Å². The SMILES string of the molecule is OC(COCc1ccccc1)CN1CCC(Nc2ccccc2)CC1. The first kappa shape index (κ1) is 17.9. The van der Waals surface area contributed by atoms with E-state index in [1.807, 2.05) is 36.4 Å². The maximum Gasteiger partial charge on any atom is 0.0900 e. The molecule has 1 aliphatic rings. The van der Waals surface area contributed by atoms with Crippen molar-refractivity contribution in [1.29, 1.82) is 0 Å². The van der Waals surface area contributed by atoms with Gasteiger partial charge < -0.3 is 20.1 Å². The average molecular weight is 340 g/mol. The van der Waals surface area contributed by atoms with Gasteiger partial charge >= 0.3 is 0 Å². The Bertz CT molecular complexity index is 598. The number of hydrogen-bond acceptors (Lipinski definition) is 4. The molecule has 1 unspecified atom stereocenters. The Kier molecular flexibility index (Phi) is 6.86. The lowest BCUT2D eigenvalue weighted by molar-refractivity contribution is 0.00665. The fourth-order valence-corrected chi connectivity index (χ4v) is 3.27. The summed E-state index contributed by atoms with van der Waals surface area (Å²) in [7, 11) is 0. The van der Waals surface area contributed by atoms with Crippen molar-refractivity contribution in [3.8, 4) is 0 Å². The Morgan fingerprint density at radius 2 is 1.64 bits per heavy atom. The van der Waals surface area contributed by atoms with E-state index in [9.17, 15) is 5.11 Å². The second-order valence-electron chi connectivity index (χ2n) is 6.74. The zero-order valence-corrected chi connectivity index (χ0v) is 14.7. The van der Waals surface area contributed by atoms with Crippen molar-refractivity contribution < 1.29 is 9.84 Å². The number of rotatable bonds is 8. The van der Waals surface area contributed by atoms with Gasteiger partial charge in [0.25, 0.3) is 0 Å². The Morgan fingerprint density at radius 3 is 2.32 bits per heavy atom. The van der Waals surface area contributed by atoms with Crippen LogP contribution in [-0.4, -0.2) is 48.4 Å². The first-order valence-corrected chi connectivity index (χ1v) is 9.13. The van der Waals surface area contributed by atoms with Crippen molar-refractivity contribution in [1.82, 2.24) is 4.90 Å². The van der Waals surface area contributed by atoms with Crippen LogP contribution in [-0.2, 0) is 11.3 Å². The van der Waals surface area contributed by atoms with E-state index in [1.165, 1.54) is 5.69 Å². The molecule has 3 rings (SSSR count). The summed E-state index contributed by atoms with van der Waals surface area (Å²) >= 11 is 0. The molecule has 2 N–H and O–H groups in total. The third-order valence-corrected chi connectivity index (χ3v) is 4.62. The molecule has 134 valence electrons. The molecule has 0 saturated carbocycles. The number of piperidine rings is 1. The number of ether oxygens (including phenoxy) is 1. The smallest absolute Gasteiger partial charge is 0.0900 e. The highest BCUT2D eigenvalue weighted by Gasteiger charge is 2.20. The van der Waals surface area contributed by atoms with Crippen LogP contribution < -0.4 is 5.32 Å². The lowest BCUT2D eigenvalue weighted by Crippen LogP contribution is -2.43. The largest absolute Gasteiger partial charge is 0.389 e. The Balaban J connectivity index is 1.31. The van der Waals surface area contributed by atoms with Crippen molar-refractivity contribution in [2.75, 3.05) is 31.6 Å². The first-order valence-electron chi connectivity index (χ1n) is 9.13. The van der Waals surface area contributed by atoms with Gasteiger partial charge in [0.05, 0.1) is 19.3 Å². The normalized spacial score (nSPS) is 17.3. The van der Waals surface area contributed by atoms with Gasteiger partial charge in [-0.25, -0.2) is 0 Å². The summed E-state index contributed by atoms with van der Waals surface area (Å²) in [5, 5.41) is 13.8. The van der Waals surface area contributed by atoms with Crippen LogP contribution in [0, 0.1) is 0 Å². The van der Waals surface area contributed by atoms with Crippen molar-refractivity contribution in [2.24, 2.45) is 0 Å². The van der Waals surface area contributed by atoms with Gasteiger partial charge in [-0.1, -0.05) is 48.5 Å². The lowest BCUT2D eigenvalue weighted by atomic mass is 10.0. The number of anilines is 1. The molecular weight excluding hydrogens is 312 g/mol. The van der Waals surface area contributed by atoms with E-state index in [2.05, 4.69) is 34.5 Å². The molecule has 1 fully saturated rings. The Morgan fingerprint density at radius 1 is 1.00 bits per heavy atom. The summed E-state index contributed by atoms with van der Waals surface area (Å²) in [5.41, 5.74) is 2.33. The number of likely N-dealkylation sites (tertiary alicyclic amines) is 1. The molecule has 4 nitrogen and oxygen atoms in total. The molecule has 0 amide bonds. The van der Waals surface area contributed by atoms with Gasteiger partial charge in [-0.05, 0) is 30.5 Å². The topological polar surface area (TPSA) is 44.7 Å². The zero-order valence-electron chi connectivity index (χ0n) is 14.7. The minimum absolute atomic E-state index is 0.386. The molecule has 1 heterocycles. The van der Waals surface area contributed by atoms with Gasteiger partial charge in [0, 0.05) is 31.4 Å². The van der Waals surface area contributed by atoms with Crippen LogP contribution in [0.5, 0.6) is 0 Å². The van der Waals surface area contributed by atoms with E-state index in [-0.39, 0.29) is 0 Å². The van der Waals surface area contributed by atoms with Crippen LogP contribution in [0.1, 0.15) is 18.4 Å². The molecular formula is C21H28N2O2. The molecule has 25 heavy (non-hydrogen) atoms. The number of aliphatic hydroxyl groups excluding tert-OH is 1. The zero-order chi connectivity index (χ0) is 17.3. The Hall–Kier alpha value is -1.88. The predicted octanol–water partition coefficient (Wildman–Crippen LogP) is 3.14. The van der Waals surface area contributed by atoms with Crippen LogP contribution in [0.25, 0.3) is 0 Å². The van der Waals surface area contributed by atoms with Gasteiger partial charge in [-0.15, -0.1) is 0 Å². The van der Waals surface area contributed by atoms with E-state index in [1.54, 1.807) is 0 Å². The maximum absolute atomic E-state index is 10.2. The number of β-amino-alcohol motifs (C(OH)–C–C–N with tert-alkyl or cyclic N) is 1. The summed E-state index contributed by atoms with van der Waals surface area (Å²) in [5.74, 6) is 0. The van der Waals surface area contributed by atoms with Gasteiger partial charge in [-0.2, -0.15) is 0 Å². The third-order valence-electron chi connectivity index (χ3n) is 4.62. The fraction of sp³-hybridized carbons (Fsp3) is 0.429. The Labute approximate surface area is 150 Å². The van der Waals surface area contributed by atoms with Crippen LogP contribution in [0.15, 0.2) is 60.7 Å². The number of benzene rings is 2. The molecule has 2 aromatic carbocycles. The molecule has 0 aromatic heterocycles. The number of nitrogens with one attached hydrogen (secondary N) is 1. The highest BCUT2D eigenvalue weighted by atomic mass is 16.5. The number of para-hydroxylation sites is 1.